The topological polar surface area (TPSA) is 84.7 Å². The zero-order valence-corrected chi connectivity index (χ0v) is 17.0. The van der Waals surface area contributed by atoms with E-state index < -0.39 is 5.97 Å². The Morgan fingerprint density at radius 2 is 2.03 bits per heavy atom. The number of carboxylic acid groups (broad SMARTS) is 1. The van der Waals surface area contributed by atoms with Crippen molar-refractivity contribution in [1.29, 1.82) is 0 Å². The highest BCUT2D eigenvalue weighted by atomic mass is 16.5. The van der Waals surface area contributed by atoms with Crippen LogP contribution in [0.25, 0.3) is 5.57 Å². The number of hydrogen-bond donors (Lipinski definition) is 1. The molecule has 0 aromatic carbocycles. The molecule has 4 aliphatic rings. The van der Waals surface area contributed by atoms with Gasteiger partial charge in [0.05, 0.1) is 24.8 Å². The summed E-state index contributed by atoms with van der Waals surface area (Å²) in [5.74, 6) is -0.644. The summed E-state index contributed by atoms with van der Waals surface area (Å²) in [6, 6.07) is 0. The fourth-order valence-corrected chi connectivity index (χ4v) is 5.52. The predicted octanol–water partition coefficient (Wildman–Crippen LogP) is 2.04. The van der Waals surface area contributed by atoms with E-state index in [1.54, 1.807) is 0 Å². The number of fused-ring (bicyclic) bond motifs is 1. The van der Waals surface area contributed by atoms with E-state index in [-0.39, 0.29) is 17.3 Å². The first-order valence-corrected chi connectivity index (χ1v) is 10.8. The highest BCUT2D eigenvalue weighted by Gasteiger charge is 2.47. The van der Waals surface area contributed by atoms with Gasteiger partial charge in [-0.3, -0.25) is 14.3 Å². The van der Waals surface area contributed by atoms with Gasteiger partial charge in [0.2, 0.25) is 5.91 Å². The van der Waals surface area contributed by atoms with E-state index >= 15 is 0 Å². The molecule has 0 saturated carbocycles. The zero-order valence-electron chi connectivity index (χ0n) is 17.0. The third kappa shape index (κ3) is 3.19. The number of allylic oxidation sites excluding steroid dienone is 2. The standard InChI is InChI=1S/C22H29N3O4/c1-24-18-10-16(20(26)25-9-8-22(11-25)12-29-13-22)6-7-17(18)19(23-24)14-2-4-15(5-3-14)21(27)28/h2,15-16H,3-13H2,1H3,(H,27,28). The smallest absolute Gasteiger partial charge is 0.306 e. The molecule has 1 N–H and O–H groups in total. The molecule has 1 aromatic rings. The largest absolute Gasteiger partial charge is 0.481 e. The quantitative estimate of drug-likeness (QED) is 0.841. The van der Waals surface area contributed by atoms with E-state index in [9.17, 15) is 14.7 Å². The van der Waals surface area contributed by atoms with Crippen molar-refractivity contribution in [2.45, 2.75) is 44.9 Å². The first-order valence-electron chi connectivity index (χ1n) is 10.8. The minimum atomic E-state index is -0.707. The van der Waals surface area contributed by atoms with Crippen LogP contribution in [-0.4, -0.2) is 58.0 Å². The summed E-state index contributed by atoms with van der Waals surface area (Å²) in [5.41, 5.74) is 4.88. The SMILES string of the molecule is Cn1nc(C2=CCC(C(=O)O)CC2)c2c1CC(C(=O)N1CCC3(COC3)C1)CC2. The van der Waals surface area contributed by atoms with Crippen molar-refractivity contribution in [3.8, 4) is 0 Å². The Hall–Kier alpha value is -2.15. The summed E-state index contributed by atoms with van der Waals surface area (Å²) < 4.78 is 7.33. The summed E-state index contributed by atoms with van der Waals surface area (Å²) in [7, 11) is 1.97. The number of ether oxygens (including phenoxy) is 1. The molecule has 1 aromatic heterocycles. The van der Waals surface area contributed by atoms with E-state index in [4.69, 9.17) is 9.84 Å². The highest BCUT2D eigenvalue weighted by Crippen LogP contribution is 2.40. The lowest BCUT2D eigenvalue weighted by Crippen LogP contribution is -2.46. The van der Waals surface area contributed by atoms with Gasteiger partial charge in [-0.05, 0) is 44.1 Å². The molecule has 0 radical (unpaired) electrons. The molecule has 2 atom stereocenters. The Morgan fingerprint density at radius 1 is 1.24 bits per heavy atom. The number of carbonyl (C=O) groups excluding carboxylic acids is 1. The molecule has 2 aliphatic heterocycles. The number of amides is 1. The van der Waals surface area contributed by atoms with Crippen molar-refractivity contribution in [2.24, 2.45) is 24.3 Å². The van der Waals surface area contributed by atoms with E-state index in [1.807, 2.05) is 11.7 Å². The van der Waals surface area contributed by atoms with Crippen molar-refractivity contribution in [3.63, 3.8) is 0 Å². The fraction of sp³-hybridized carbons (Fsp3) is 0.682. The van der Waals surface area contributed by atoms with Gasteiger partial charge in [-0.25, -0.2) is 0 Å². The maximum absolute atomic E-state index is 13.1. The second-order valence-electron chi connectivity index (χ2n) is 9.38. The van der Waals surface area contributed by atoms with Crippen LogP contribution in [0.3, 0.4) is 0 Å². The molecular weight excluding hydrogens is 370 g/mol. The van der Waals surface area contributed by atoms with Gasteiger partial charge in [-0.15, -0.1) is 0 Å². The number of aliphatic carboxylic acids is 1. The number of aromatic nitrogens is 2. The second kappa shape index (κ2) is 6.97. The zero-order chi connectivity index (χ0) is 20.2. The summed E-state index contributed by atoms with van der Waals surface area (Å²) in [4.78, 5) is 26.4. The van der Waals surface area contributed by atoms with Crippen molar-refractivity contribution < 1.29 is 19.4 Å². The summed E-state index contributed by atoms with van der Waals surface area (Å²) in [6.45, 7) is 3.31. The number of hydrogen-bond acceptors (Lipinski definition) is 4. The minimum Gasteiger partial charge on any atom is -0.481 e. The first kappa shape index (κ1) is 18.9. The lowest BCUT2D eigenvalue weighted by Gasteiger charge is -2.38. The van der Waals surface area contributed by atoms with Crippen LogP contribution in [0.5, 0.6) is 0 Å². The van der Waals surface area contributed by atoms with Crippen LogP contribution in [0, 0.1) is 17.3 Å². The van der Waals surface area contributed by atoms with Gasteiger partial charge < -0.3 is 14.7 Å². The molecule has 0 bridgehead atoms. The number of carboxylic acids is 1. The minimum absolute atomic E-state index is 0.0404. The van der Waals surface area contributed by atoms with Crippen molar-refractivity contribution in [2.75, 3.05) is 26.3 Å². The average Bonchev–Trinajstić information content (AvgIpc) is 3.30. The maximum atomic E-state index is 13.1. The number of rotatable bonds is 3. The summed E-state index contributed by atoms with van der Waals surface area (Å²) in [6.07, 6.45) is 7.64. The van der Waals surface area contributed by atoms with Crippen LogP contribution in [0.1, 0.15) is 49.1 Å². The molecule has 29 heavy (non-hydrogen) atoms. The Balaban J connectivity index is 1.30. The Kier molecular flexibility index (Phi) is 4.53. The normalized spacial score (nSPS) is 28.0. The van der Waals surface area contributed by atoms with E-state index in [0.29, 0.717) is 18.7 Å². The van der Waals surface area contributed by atoms with Crippen LogP contribution in [0.2, 0.25) is 0 Å². The highest BCUT2D eigenvalue weighted by molar-refractivity contribution is 5.80. The van der Waals surface area contributed by atoms with Crippen LogP contribution in [0.4, 0.5) is 0 Å². The lowest BCUT2D eigenvalue weighted by atomic mass is 9.82. The Bertz CT molecular complexity index is 883. The van der Waals surface area contributed by atoms with Gasteiger partial charge in [-0.2, -0.15) is 5.10 Å². The van der Waals surface area contributed by atoms with Gasteiger partial charge in [-0.1, -0.05) is 6.08 Å². The summed E-state index contributed by atoms with van der Waals surface area (Å²) >= 11 is 0. The lowest BCUT2D eigenvalue weighted by molar-refractivity contribution is -0.142. The Morgan fingerprint density at radius 3 is 2.66 bits per heavy atom. The van der Waals surface area contributed by atoms with E-state index in [2.05, 4.69) is 11.0 Å². The van der Waals surface area contributed by atoms with Crippen molar-refractivity contribution in [1.82, 2.24) is 14.7 Å². The van der Waals surface area contributed by atoms with E-state index in [1.165, 1.54) is 16.8 Å². The van der Waals surface area contributed by atoms with Gasteiger partial charge in [0, 0.05) is 49.1 Å². The molecule has 1 amide bonds. The van der Waals surface area contributed by atoms with E-state index in [0.717, 1.165) is 64.1 Å². The predicted molar refractivity (Wildman–Crippen MR) is 106 cm³/mol. The van der Waals surface area contributed by atoms with Crippen LogP contribution in [0.15, 0.2) is 6.08 Å². The third-order valence-corrected chi connectivity index (χ3v) is 7.44. The van der Waals surface area contributed by atoms with Gasteiger partial charge in [0.25, 0.3) is 0 Å². The number of nitrogens with zero attached hydrogens (tertiary/aromatic N) is 3. The molecule has 2 aliphatic carbocycles. The van der Waals surface area contributed by atoms with Gasteiger partial charge >= 0.3 is 5.97 Å². The molecule has 2 unspecified atom stereocenters. The van der Waals surface area contributed by atoms with Crippen LogP contribution in [-0.2, 0) is 34.2 Å². The molecule has 1 spiro atoms. The van der Waals surface area contributed by atoms with Crippen molar-refractivity contribution in [3.05, 3.63) is 23.0 Å². The molecule has 3 heterocycles. The molecule has 7 heteroatoms. The molecule has 2 fully saturated rings. The third-order valence-electron chi connectivity index (χ3n) is 7.44. The van der Waals surface area contributed by atoms with Crippen LogP contribution >= 0.6 is 0 Å². The number of likely N-dealkylation sites (tertiary alicyclic amines) is 1. The average molecular weight is 399 g/mol. The fourth-order valence-electron chi connectivity index (χ4n) is 5.52. The number of aryl methyl sites for hydroxylation is 1. The maximum Gasteiger partial charge on any atom is 0.306 e. The molecule has 156 valence electrons. The molecule has 2 saturated heterocycles. The first-order chi connectivity index (χ1) is 14.0. The molecule has 5 rings (SSSR count). The monoisotopic (exact) mass is 399 g/mol. The van der Waals surface area contributed by atoms with Crippen LogP contribution < -0.4 is 0 Å². The number of carbonyl (C=O) groups is 2. The van der Waals surface area contributed by atoms with Crippen molar-refractivity contribution >= 4 is 17.4 Å². The van der Waals surface area contributed by atoms with Gasteiger partial charge in [0.1, 0.15) is 0 Å². The molecule has 7 nitrogen and oxygen atoms in total. The molecular formula is C22H29N3O4. The summed E-state index contributed by atoms with van der Waals surface area (Å²) in [5, 5.41) is 14.0. The van der Waals surface area contributed by atoms with Gasteiger partial charge in [0.15, 0.2) is 0 Å². The Labute approximate surface area is 170 Å². The second-order valence-corrected chi connectivity index (χ2v) is 9.38.